The summed E-state index contributed by atoms with van der Waals surface area (Å²) in [4.78, 5) is 22.6. The fourth-order valence-corrected chi connectivity index (χ4v) is 2.81. The molecule has 0 unspecified atom stereocenters. The van der Waals surface area contributed by atoms with Gasteiger partial charge in [-0.05, 0) is 41.3 Å². The van der Waals surface area contributed by atoms with Crippen LogP contribution in [0.25, 0.3) is 11.3 Å². The number of furan rings is 1. The van der Waals surface area contributed by atoms with E-state index in [9.17, 15) is 14.9 Å². The second-order valence-electron chi connectivity index (χ2n) is 7.83. The van der Waals surface area contributed by atoms with Crippen molar-refractivity contribution in [2.75, 3.05) is 6.61 Å². The van der Waals surface area contributed by atoms with E-state index in [0.29, 0.717) is 22.8 Å². The third kappa shape index (κ3) is 5.79. The fraction of sp³-hybridized carbons (Fsp3) is 0.217. The molecule has 0 saturated heterocycles. The summed E-state index contributed by atoms with van der Waals surface area (Å²) in [6.07, 6.45) is 1.31. The molecule has 8 nitrogen and oxygen atoms in total. The minimum absolute atomic E-state index is 0.0434. The lowest BCUT2D eigenvalue weighted by Crippen LogP contribution is -2.24. The van der Waals surface area contributed by atoms with Crippen molar-refractivity contribution in [3.05, 3.63) is 82.1 Å². The van der Waals surface area contributed by atoms with Crippen LogP contribution in [0, 0.1) is 10.1 Å². The quantitative estimate of drug-likeness (QED) is 0.339. The van der Waals surface area contributed by atoms with Crippen LogP contribution in [0.5, 0.6) is 5.75 Å². The maximum Gasteiger partial charge on any atom is 0.280 e. The number of benzene rings is 2. The maximum absolute atomic E-state index is 11.9. The highest BCUT2D eigenvalue weighted by atomic mass is 16.6. The minimum atomic E-state index is -0.470. The molecule has 1 heterocycles. The van der Waals surface area contributed by atoms with Gasteiger partial charge in [-0.2, -0.15) is 5.10 Å². The Hall–Kier alpha value is -3.94. The van der Waals surface area contributed by atoms with E-state index in [4.69, 9.17) is 9.15 Å². The summed E-state index contributed by atoms with van der Waals surface area (Å²) >= 11 is 0. The minimum Gasteiger partial charge on any atom is -0.484 e. The highest BCUT2D eigenvalue weighted by Gasteiger charge is 2.17. The topological polar surface area (TPSA) is 107 Å². The highest BCUT2D eigenvalue weighted by Crippen LogP contribution is 2.30. The summed E-state index contributed by atoms with van der Waals surface area (Å²) in [6.45, 7) is 6.18. The smallest absolute Gasteiger partial charge is 0.280 e. The van der Waals surface area contributed by atoms with Crippen LogP contribution in [0.3, 0.4) is 0 Å². The molecule has 3 aromatic rings. The first-order chi connectivity index (χ1) is 14.7. The second kappa shape index (κ2) is 9.25. The summed E-state index contributed by atoms with van der Waals surface area (Å²) in [5.41, 5.74) is 3.88. The predicted octanol–water partition coefficient (Wildman–Crippen LogP) is 4.68. The third-order valence-corrected chi connectivity index (χ3v) is 4.46. The lowest BCUT2D eigenvalue weighted by atomic mass is 9.87. The number of para-hydroxylation sites is 1. The van der Waals surface area contributed by atoms with Gasteiger partial charge in [0.2, 0.25) is 0 Å². The van der Waals surface area contributed by atoms with Crippen molar-refractivity contribution < 1.29 is 18.9 Å². The molecule has 0 saturated carbocycles. The number of nitro benzene ring substituents is 1. The van der Waals surface area contributed by atoms with Crippen molar-refractivity contribution in [1.29, 1.82) is 0 Å². The maximum atomic E-state index is 11.9. The molecule has 8 heteroatoms. The lowest BCUT2D eigenvalue weighted by molar-refractivity contribution is -0.384. The Bertz CT molecular complexity index is 1090. The number of ether oxygens (including phenoxy) is 1. The highest BCUT2D eigenvalue weighted by molar-refractivity contribution is 5.82. The van der Waals surface area contributed by atoms with Gasteiger partial charge in [-0.1, -0.05) is 45.0 Å². The zero-order valence-corrected chi connectivity index (χ0v) is 17.5. The molecule has 0 aliphatic heterocycles. The van der Waals surface area contributed by atoms with Crippen molar-refractivity contribution in [2.45, 2.75) is 26.2 Å². The monoisotopic (exact) mass is 421 g/mol. The fourth-order valence-electron chi connectivity index (χ4n) is 2.81. The zero-order chi connectivity index (χ0) is 22.4. The molecule has 3 rings (SSSR count). The number of nitrogens with zero attached hydrogens (tertiary/aromatic N) is 2. The number of hydrogen-bond donors (Lipinski definition) is 1. The van der Waals surface area contributed by atoms with E-state index in [-0.39, 0.29) is 17.7 Å². The molecule has 0 aliphatic carbocycles. The average Bonchev–Trinajstić information content (AvgIpc) is 3.20. The summed E-state index contributed by atoms with van der Waals surface area (Å²) in [5.74, 6) is 0.836. The largest absolute Gasteiger partial charge is 0.484 e. The van der Waals surface area contributed by atoms with Gasteiger partial charge in [0.1, 0.15) is 17.3 Å². The van der Waals surface area contributed by atoms with Crippen LogP contribution >= 0.6 is 0 Å². The Kier molecular flexibility index (Phi) is 6.49. The molecule has 0 aliphatic rings. The van der Waals surface area contributed by atoms with Crippen molar-refractivity contribution >= 4 is 17.8 Å². The molecule has 160 valence electrons. The summed E-state index contributed by atoms with van der Waals surface area (Å²) in [6, 6.07) is 17.1. The van der Waals surface area contributed by atoms with Crippen LogP contribution in [0.4, 0.5) is 5.69 Å². The van der Waals surface area contributed by atoms with Gasteiger partial charge >= 0.3 is 0 Å². The van der Waals surface area contributed by atoms with Crippen LogP contribution in [0.15, 0.2) is 70.2 Å². The summed E-state index contributed by atoms with van der Waals surface area (Å²) in [7, 11) is 0. The number of carbonyl (C=O) groups is 1. The van der Waals surface area contributed by atoms with Gasteiger partial charge < -0.3 is 9.15 Å². The molecule has 0 spiro atoms. The Morgan fingerprint density at radius 3 is 2.52 bits per heavy atom. The first-order valence-electron chi connectivity index (χ1n) is 9.63. The van der Waals surface area contributed by atoms with E-state index in [2.05, 4.69) is 31.3 Å². The Morgan fingerprint density at radius 2 is 1.84 bits per heavy atom. The Balaban J connectivity index is 1.53. The number of hydrazone groups is 1. The van der Waals surface area contributed by atoms with Gasteiger partial charge in [0.25, 0.3) is 11.6 Å². The van der Waals surface area contributed by atoms with Crippen LogP contribution in [-0.4, -0.2) is 23.7 Å². The predicted molar refractivity (Wildman–Crippen MR) is 117 cm³/mol. The van der Waals surface area contributed by atoms with Crippen molar-refractivity contribution in [3.8, 4) is 17.1 Å². The lowest BCUT2D eigenvalue weighted by Gasteiger charge is -2.19. The first kappa shape index (κ1) is 21.8. The molecule has 0 radical (unpaired) electrons. The van der Waals surface area contributed by atoms with Gasteiger partial charge in [0.05, 0.1) is 16.7 Å². The number of hydrogen-bond acceptors (Lipinski definition) is 6. The van der Waals surface area contributed by atoms with E-state index in [0.717, 1.165) is 0 Å². The van der Waals surface area contributed by atoms with Gasteiger partial charge in [-0.3, -0.25) is 14.9 Å². The van der Waals surface area contributed by atoms with E-state index < -0.39 is 10.8 Å². The van der Waals surface area contributed by atoms with E-state index in [1.54, 1.807) is 30.3 Å². The van der Waals surface area contributed by atoms with Gasteiger partial charge in [-0.15, -0.1) is 0 Å². The zero-order valence-electron chi connectivity index (χ0n) is 17.5. The standard InChI is InChI=1S/C23H23N3O5/c1-23(2,3)16-8-10-17(11-9-16)30-15-22(27)25-24-14-18-12-13-21(31-18)19-6-4-5-7-20(19)26(28)29/h4-14H,15H2,1-3H3,(H,25,27)/b24-14+. The van der Waals surface area contributed by atoms with Crippen molar-refractivity contribution in [2.24, 2.45) is 5.10 Å². The molecular formula is C23H23N3O5. The second-order valence-corrected chi connectivity index (χ2v) is 7.83. The van der Waals surface area contributed by atoms with Crippen molar-refractivity contribution in [3.63, 3.8) is 0 Å². The van der Waals surface area contributed by atoms with E-state index in [1.165, 1.54) is 17.8 Å². The average molecular weight is 421 g/mol. The van der Waals surface area contributed by atoms with E-state index in [1.807, 2.05) is 24.3 Å². The third-order valence-electron chi connectivity index (χ3n) is 4.46. The molecule has 2 aromatic carbocycles. The molecule has 1 aromatic heterocycles. The van der Waals surface area contributed by atoms with Crippen molar-refractivity contribution in [1.82, 2.24) is 5.43 Å². The van der Waals surface area contributed by atoms with Gasteiger partial charge in [0.15, 0.2) is 6.61 Å². The molecule has 0 bridgehead atoms. The van der Waals surface area contributed by atoms with Crippen LogP contribution in [0.1, 0.15) is 32.1 Å². The number of rotatable bonds is 7. The molecule has 1 amide bonds. The molecule has 31 heavy (non-hydrogen) atoms. The van der Waals surface area contributed by atoms with E-state index >= 15 is 0 Å². The van der Waals surface area contributed by atoms with Gasteiger partial charge in [0, 0.05) is 6.07 Å². The molecular weight excluding hydrogens is 398 g/mol. The SMILES string of the molecule is CC(C)(C)c1ccc(OCC(=O)N/N=C/c2ccc(-c3ccccc3[N+](=O)[O-])o2)cc1. The number of carbonyl (C=O) groups excluding carboxylic acids is 1. The normalized spacial score (nSPS) is 11.5. The Morgan fingerprint density at radius 1 is 1.13 bits per heavy atom. The Labute approximate surface area is 179 Å². The molecule has 0 atom stereocenters. The van der Waals surface area contributed by atoms with Crippen LogP contribution in [-0.2, 0) is 10.2 Å². The number of nitrogens with one attached hydrogen (secondary N) is 1. The summed E-state index contributed by atoms with van der Waals surface area (Å²) < 4.78 is 11.0. The molecule has 0 fully saturated rings. The molecule has 1 N–H and O–H groups in total. The van der Waals surface area contributed by atoms with Crippen LogP contribution < -0.4 is 10.2 Å². The number of amides is 1. The first-order valence-corrected chi connectivity index (χ1v) is 9.63. The number of nitro groups is 1. The van der Waals surface area contributed by atoms with Crippen LogP contribution in [0.2, 0.25) is 0 Å². The van der Waals surface area contributed by atoms with Gasteiger partial charge in [-0.25, -0.2) is 5.43 Å². The summed E-state index contributed by atoms with van der Waals surface area (Å²) in [5, 5.41) is 15.0.